The zero-order valence-electron chi connectivity index (χ0n) is 11.8. The van der Waals surface area contributed by atoms with Crippen LogP contribution in [0.1, 0.15) is 5.56 Å². The van der Waals surface area contributed by atoms with Crippen molar-refractivity contribution in [3.8, 4) is 0 Å². The SMILES string of the molecule is Clc1cccc(CNc2nccc3c2[nH]c2ccccc23)c1. The molecule has 0 saturated carbocycles. The van der Waals surface area contributed by atoms with E-state index < -0.39 is 0 Å². The van der Waals surface area contributed by atoms with Crippen LogP contribution >= 0.6 is 11.6 Å². The Bertz CT molecular complexity index is 959. The number of hydrogen-bond acceptors (Lipinski definition) is 2. The van der Waals surface area contributed by atoms with Gasteiger partial charge in [0.05, 0.1) is 5.52 Å². The highest BCUT2D eigenvalue weighted by Crippen LogP contribution is 2.28. The molecule has 2 heterocycles. The lowest BCUT2D eigenvalue weighted by atomic mass is 10.2. The van der Waals surface area contributed by atoms with E-state index in [2.05, 4.69) is 33.5 Å². The molecule has 0 aliphatic heterocycles. The maximum absolute atomic E-state index is 6.03. The molecule has 2 aromatic heterocycles. The zero-order chi connectivity index (χ0) is 14.9. The van der Waals surface area contributed by atoms with Crippen molar-refractivity contribution >= 4 is 39.2 Å². The number of halogens is 1. The highest BCUT2D eigenvalue weighted by atomic mass is 35.5. The number of para-hydroxylation sites is 1. The van der Waals surface area contributed by atoms with Gasteiger partial charge in [0.2, 0.25) is 0 Å². The second-order valence-corrected chi connectivity index (χ2v) is 5.67. The van der Waals surface area contributed by atoms with Gasteiger partial charge in [0, 0.05) is 34.1 Å². The van der Waals surface area contributed by atoms with Crippen molar-refractivity contribution in [2.24, 2.45) is 0 Å². The Morgan fingerprint density at radius 2 is 1.91 bits per heavy atom. The lowest BCUT2D eigenvalue weighted by molar-refractivity contribution is 1.12. The molecular formula is C18H14ClN3. The van der Waals surface area contributed by atoms with Crippen LogP contribution in [0.25, 0.3) is 21.8 Å². The first kappa shape index (κ1) is 13.2. The normalized spacial score (nSPS) is 11.1. The van der Waals surface area contributed by atoms with E-state index in [-0.39, 0.29) is 0 Å². The Morgan fingerprint density at radius 3 is 2.82 bits per heavy atom. The molecule has 2 N–H and O–H groups in total. The summed E-state index contributed by atoms with van der Waals surface area (Å²) in [5, 5.41) is 6.53. The monoisotopic (exact) mass is 307 g/mol. The fourth-order valence-corrected chi connectivity index (χ4v) is 2.95. The van der Waals surface area contributed by atoms with Gasteiger partial charge in [-0.2, -0.15) is 0 Å². The molecule has 0 radical (unpaired) electrons. The van der Waals surface area contributed by atoms with E-state index in [9.17, 15) is 0 Å². The first-order chi connectivity index (χ1) is 10.8. The Balaban J connectivity index is 1.72. The third-order valence-electron chi connectivity index (χ3n) is 3.78. The average molecular weight is 308 g/mol. The summed E-state index contributed by atoms with van der Waals surface area (Å²) < 4.78 is 0. The largest absolute Gasteiger partial charge is 0.364 e. The molecule has 0 saturated heterocycles. The second kappa shape index (κ2) is 5.35. The van der Waals surface area contributed by atoms with E-state index in [1.165, 1.54) is 10.8 Å². The molecule has 4 aromatic rings. The van der Waals surface area contributed by atoms with Crippen molar-refractivity contribution in [2.45, 2.75) is 6.54 Å². The Morgan fingerprint density at radius 1 is 1.00 bits per heavy atom. The third-order valence-corrected chi connectivity index (χ3v) is 4.01. The van der Waals surface area contributed by atoms with Crippen molar-refractivity contribution in [3.63, 3.8) is 0 Å². The molecule has 0 spiro atoms. The molecule has 0 atom stereocenters. The van der Waals surface area contributed by atoms with Gasteiger partial charge in [-0.05, 0) is 29.8 Å². The van der Waals surface area contributed by atoms with Crippen molar-refractivity contribution < 1.29 is 0 Å². The number of nitrogens with zero attached hydrogens (tertiary/aromatic N) is 1. The molecule has 0 unspecified atom stereocenters. The lowest BCUT2D eigenvalue weighted by Gasteiger charge is -2.07. The van der Waals surface area contributed by atoms with E-state index in [0.29, 0.717) is 6.54 Å². The highest BCUT2D eigenvalue weighted by molar-refractivity contribution is 6.30. The lowest BCUT2D eigenvalue weighted by Crippen LogP contribution is -2.01. The predicted molar refractivity (Wildman–Crippen MR) is 92.4 cm³/mol. The molecule has 4 heteroatoms. The minimum Gasteiger partial charge on any atom is -0.364 e. The molecular weight excluding hydrogens is 294 g/mol. The fourth-order valence-electron chi connectivity index (χ4n) is 2.74. The number of pyridine rings is 1. The Hall–Kier alpha value is -2.52. The van der Waals surface area contributed by atoms with Crippen LogP contribution < -0.4 is 5.32 Å². The number of aromatic amines is 1. The summed E-state index contributed by atoms with van der Waals surface area (Å²) in [5.74, 6) is 0.855. The number of aromatic nitrogens is 2. The number of hydrogen-bond donors (Lipinski definition) is 2. The highest BCUT2D eigenvalue weighted by Gasteiger charge is 2.08. The van der Waals surface area contributed by atoms with Crippen LogP contribution in [0, 0.1) is 0 Å². The van der Waals surface area contributed by atoms with Crippen molar-refractivity contribution in [1.82, 2.24) is 9.97 Å². The summed E-state index contributed by atoms with van der Waals surface area (Å²) in [7, 11) is 0. The van der Waals surface area contributed by atoms with Gasteiger partial charge < -0.3 is 10.3 Å². The molecule has 4 rings (SSSR count). The molecule has 0 fully saturated rings. The van der Waals surface area contributed by atoms with Crippen LogP contribution in [-0.2, 0) is 6.54 Å². The van der Waals surface area contributed by atoms with Crippen LogP contribution in [-0.4, -0.2) is 9.97 Å². The maximum Gasteiger partial charge on any atom is 0.150 e. The second-order valence-electron chi connectivity index (χ2n) is 5.24. The zero-order valence-corrected chi connectivity index (χ0v) is 12.6. The Kier molecular flexibility index (Phi) is 3.20. The summed E-state index contributed by atoms with van der Waals surface area (Å²) in [5.41, 5.74) is 3.28. The van der Waals surface area contributed by atoms with Crippen LogP contribution in [0.4, 0.5) is 5.82 Å². The van der Waals surface area contributed by atoms with E-state index >= 15 is 0 Å². The number of benzene rings is 2. The molecule has 0 aliphatic carbocycles. The molecule has 22 heavy (non-hydrogen) atoms. The number of H-pyrrole nitrogens is 1. The maximum atomic E-state index is 6.03. The van der Waals surface area contributed by atoms with E-state index in [4.69, 9.17) is 11.6 Å². The van der Waals surface area contributed by atoms with Crippen molar-refractivity contribution in [3.05, 3.63) is 71.4 Å². The first-order valence-electron chi connectivity index (χ1n) is 7.15. The van der Waals surface area contributed by atoms with E-state index in [0.717, 1.165) is 27.4 Å². The first-order valence-corrected chi connectivity index (χ1v) is 7.53. The number of rotatable bonds is 3. The number of fused-ring (bicyclic) bond motifs is 3. The molecule has 3 nitrogen and oxygen atoms in total. The number of anilines is 1. The number of nitrogens with one attached hydrogen (secondary N) is 2. The van der Waals surface area contributed by atoms with Crippen LogP contribution in [0.2, 0.25) is 5.02 Å². The van der Waals surface area contributed by atoms with Gasteiger partial charge >= 0.3 is 0 Å². The summed E-state index contributed by atoms with van der Waals surface area (Å²) in [6.07, 6.45) is 1.84. The molecule has 0 aliphatic rings. The van der Waals surface area contributed by atoms with Crippen LogP contribution in [0.3, 0.4) is 0 Å². The Labute approximate surface area is 132 Å². The van der Waals surface area contributed by atoms with Gasteiger partial charge in [0.15, 0.2) is 5.82 Å². The fraction of sp³-hybridized carbons (Fsp3) is 0.0556. The van der Waals surface area contributed by atoms with Gasteiger partial charge in [-0.25, -0.2) is 4.98 Å². The van der Waals surface area contributed by atoms with Gasteiger partial charge in [0.25, 0.3) is 0 Å². The topological polar surface area (TPSA) is 40.7 Å². The quantitative estimate of drug-likeness (QED) is 0.560. The summed E-state index contributed by atoms with van der Waals surface area (Å²) in [6.45, 7) is 0.683. The van der Waals surface area contributed by atoms with Gasteiger partial charge in [-0.1, -0.05) is 41.9 Å². The molecule has 2 aromatic carbocycles. The van der Waals surface area contributed by atoms with E-state index in [1.54, 1.807) is 0 Å². The van der Waals surface area contributed by atoms with E-state index in [1.807, 2.05) is 42.6 Å². The van der Waals surface area contributed by atoms with Crippen LogP contribution in [0.5, 0.6) is 0 Å². The predicted octanol–water partition coefficient (Wildman–Crippen LogP) is 4.98. The summed E-state index contributed by atoms with van der Waals surface area (Å²) >= 11 is 6.03. The molecule has 0 bridgehead atoms. The van der Waals surface area contributed by atoms with Gasteiger partial charge in [0.1, 0.15) is 0 Å². The third kappa shape index (κ3) is 2.30. The molecule has 0 amide bonds. The minimum absolute atomic E-state index is 0.683. The standard InChI is InChI=1S/C18H14ClN3/c19-13-5-3-4-12(10-13)11-21-18-17-15(8-9-20-18)14-6-1-2-7-16(14)22-17/h1-10,22H,11H2,(H,20,21). The summed E-state index contributed by atoms with van der Waals surface area (Å²) in [4.78, 5) is 7.91. The van der Waals surface area contributed by atoms with Crippen molar-refractivity contribution in [2.75, 3.05) is 5.32 Å². The van der Waals surface area contributed by atoms with Crippen LogP contribution in [0.15, 0.2) is 60.8 Å². The van der Waals surface area contributed by atoms with Gasteiger partial charge in [-0.15, -0.1) is 0 Å². The minimum atomic E-state index is 0.683. The summed E-state index contributed by atoms with van der Waals surface area (Å²) in [6, 6.07) is 18.2. The smallest absolute Gasteiger partial charge is 0.150 e. The van der Waals surface area contributed by atoms with Gasteiger partial charge in [-0.3, -0.25) is 0 Å². The average Bonchev–Trinajstić information content (AvgIpc) is 2.92. The van der Waals surface area contributed by atoms with Crippen molar-refractivity contribution in [1.29, 1.82) is 0 Å². The molecule has 108 valence electrons.